The molecule has 2 saturated heterocycles. The molecule has 300 valence electrons. The van der Waals surface area contributed by atoms with Crippen LogP contribution in [0.15, 0.2) is 54.6 Å². The van der Waals surface area contributed by atoms with E-state index in [4.69, 9.17) is 22.9 Å². The molecule has 1 saturated carbocycles. The van der Waals surface area contributed by atoms with Gasteiger partial charge in [-0.05, 0) is 84.8 Å². The van der Waals surface area contributed by atoms with Crippen molar-refractivity contribution in [2.75, 3.05) is 19.6 Å². The Kier molecular flexibility index (Phi) is 9.92. The number of imide groups is 2. The third-order valence-corrected chi connectivity index (χ3v) is 13.1. The monoisotopic (exact) mass is 804 g/mol. The van der Waals surface area contributed by atoms with Crippen LogP contribution >= 0.6 is 11.6 Å². The molecule has 1 aliphatic carbocycles. The third kappa shape index (κ3) is 6.82. The molecule has 1 unspecified atom stereocenters. The van der Waals surface area contributed by atoms with Crippen molar-refractivity contribution in [3.8, 4) is 5.75 Å². The van der Waals surface area contributed by atoms with E-state index in [2.05, 4.69) is 48.1 Å². The lowest BCUT2D eigenvalue weighted by atomic mass is 9.49. The maximum absolute atomic E-state index is 13.5. The zero-order valence-electron chi connectivity index (χ0n) is 32.9. The zero-order chi connectivity index (χ0) is 41.3. The summed E-state index contributed by atoms with van der Waals surface area (Å²) in [6.45, 7) is 18.8. The van der Waals surface area contributed by atoms with Crippen molar-refractivity contribution in [1.82, 2.24) is 25.3 Å². The number of likely N-dealkylation sites (tertiary alicyclic amines) is 1. The van der Waals surface area contributed by atoms with Crippen LogP contribution in [0, 0.1) is 23.3 Å². The van der Waals surface area contributed by atoms with E-state index in [-0.39, 0.29) is 36.8 Å². The average molecular weight is 805 g/mol. The van der Waals surface area contributed by atoms with Gasteiger partial charge in [0.2, 0.25) is 17.5 Å². The molecule has 0 radical (unpaired) electrons. The Morgan fingerprint density at radius 1 is 0.879 bits per heavy atom. The summed E-state index contributed by atoms with van der Waals surface area (Å²) in [5.74, 6) is -1.38. The van der Waals surface area contributed by atoms with Crippen molar-refractivity contribution in [1.29, 1.82) is 0 Å². The first kappa shape index (κ1) is 39.3. The molecule has 4 heterocycles. The lowest BCUT2D eigenvalue weighted by Gasteiger charge is -2.63. The second-order valence-electron chi connectivity index (χ2n) is 17.4. The molecule has 6 amide bonds. The number of benzene rings is 3. The maximum atomic E-state index is 13.5. The number of hydrogen-bond donors (Lipinski definition) is 2. The third-order valence-electron chi connectivity index (χ3n) is 12.8. The number of hydrogen-bond acceptors (Lipinski definition) is 8. The van der Waals surface area contributed by atoms with Crippen molar-refractivity contribution in [3.63, 3.8) is 0 Å². The average Bonchev–Trinajstić information content (AvgIpc) is 3.70. The molecule has 3 aromatic carbocycles. The normalized spacial score (nSPS) is 23.8. The Hall–Kier alpha value is -5.58. The van der Waals surface area contributed by atoms with Crippen LogP contribution in [0.25, 0.3) is 4.85 Å². The summed E-state index contributed by atoms with van der Waals surface area (Å²) >= 11 is 6.24. The van der Waals surface area contributed by atoms with Gasteiger partial charge in [0.1, 0.15) is 17.9 Å². The Morgan fingerprint density at radius 3 is 2.05 bits per heavy atom. The van der Waals surface area contributed by atoms with Crippen LogP contribution in [0.1, 0.15) is 106 Å². The molecule has 8 rings (SSSR count). The van der Waals surface area contributed by atoms with E-state index in [1.165, 1.54) is 0 Å². The summed E-state index contributed by atoms with van der Waals surface area (Å²) in [5.41, 5.74) is 3.11. The zero-order valence-corrected chi connectivity index (χ0v) is 33.7. The molecule has 1 atom stereocenters. The van der Waals surface area contributed by atoms with Crippen LogP contribution in [0.4, 0.5) is 5.69 Å². The quantitative estimate of drug-likeness (QED) is 0.215. The molecular weight excluding hydrogens is 760 g/mol. The molecular formula is C44H45ClN6O7. The van der Waals surface area contributed by atoms with Gasteiger partial charge in [-0.2, -0.15) is 0 Å². The topological polar surface area (TPSA) is 150 Å². The molecule has 58 heavy (non-hydrogen) atoms. The summed E-state index contributed by atoms with van der Waals surface area (Å²) < 4.78 is 6.35. The van der Waals surface area contributed by atoms with E-state index in [0.717, 1.165) is 35.4 Å². The molecule has 4 aliphatic heterocycles. The first-order chi connectivity index (χ1) is 27.6. The Morgan fingerprint density at radius 2 is 1.48 bits per heavy atom. The summed E-state index contributed by atoms with van der Waals surface area (Å²) in [4.78, 5) is 86.2. The van der Waals surface area contributed by atoms with Crippen molar-refractivity contribution >= 4 is 52.7 Å². The van der Waals surface area contributed by atoms with Gasteiger partial charge in [-0.1, -0.05) is 45.4 Å². The van der Waals surface area contributed by atoms with Gasteiger partial charge < -0.3 is 15.0 Å². The Balaban J connectivity index is 0.816. The van der Waals surface area contributed by atoms with Gasteiger partial charge >= 0.3 is 0 Å². The van der Waals surface area contributed by atoms with Crippen molar-refractivity contribution < 1.29 is 33.5 Å². The minimum atomic E-state index is -0.987. The summed E-state index contributed by atoms with van der Waals surface area (Å²) in [6.07, 6.45) is 1.65. The van der Waals surface area contributed by atoms with E-state index in [1.807, 2.05) is 4.90 Å². The molecule has 2 N–H and O–H groups in total. The number of nitrogens with zero attached hydrogens (tertiary/aromatic N) is 4. The van der Waals surface area contributed by atoms with E-state index < -0.39 is 40.5 Å². The predicted molar refractivity (Wildman–Crippen MR) is 213 cm³/mol. The van der Waals surface area contributed by atoms with Gasteiger partial charge in [-0.3, -0.25) is 43.9 Å². The number of rotatable bonds is 8. The van der Waals surface area contributed by atoms with Crippen LogP contribution < -0.4 is 15.4 Å². The SMILES string of the molecule is [C-]#[N+]c1ccc(OC2C(C)(C)C(NC(=O)c3ccc(C(=O)N4CCC(CN5Cc6cc7c(cc6C5)C(=O)N(C5CCC(=O)NC5=O)C7=O)CC4)cc3)C2(C)C)cc1Cl. The predicted octanol–water partition coefficient (Wildman–Crippen LogP) is 5.77. The highest BCUT2D eigenvalue weighted by Crippen LogP contribution is 2.55. The number of nitrogens with one attached hydrogen (secondary N) is 2. The number of amides is 6. The summed E-state index contributed by atoms with van der Waals surface area (Å²) in [5, 5.41) is 5.77. The minimum Gasteiger partial charge on any atom is -0.489 e. The van der Waals surface area contributed by atoms with Crippen LogP contribution in [0.3, 0.4) is 0 Å². The molecule has 13 nitrogen and oxygen atoms in total. The van der Waals surface area contributed by atoms with Crippen LogP contribution in [0.5, 0.6) is 5.75 Å². The van der Waals surface area contributed by atoms with E-state index >= 15 is 0 Å². The number of ether oxygens (including phenoxy) is 1. The van der Waals surface area contributed by atoms with Crippen LogP contribution in [-0.4, -0.2) is 88.0 Å². The fourth-order valence-electron chi connectivity index (χ4n) is 10.0. The second-order valence-corrected chi connectivity index (χ2v) is 17.8. The maximum Gasteiger partial charge on any atom is 0.262 e. The highest BCUT2D eigenvalue weighted by Gasteiger charge is 2.64. The summed E-state index contributed by atoms with van der Waals surface area (Å²) in [6, 6.07) is 14.2. The summed E-state index contributed by atoms with van der Waals surface area (Å²) in [7, 11) is 0. The Bertz CT molecular complexity index is 2250. The number of fused-ring (bicyclic) bond motifs is 2. The van der Waals surface area contributed by atoms with Gasteiger partial charge in [-0.15, -0.1) is 0 Å². The lowest BCUT2D eigenvalue weighted by Crippen LogP contribution is -2.74. The highest BCUT2D eigenvalue weighted by atomic mass is 35.5. The number of piperidine rings is 2. The molecule has 0 spiro atoms. The van der Waals surface area contributed by atoms with Crippen molar-refractivity contribution in [2.45, 2.75) is 84.7 Å². The van der Waals surface area contributed by atoms with E-state index in [1.54, 1.807) is 54.6 Å². The standard InChI is InChI=1S/C44H45ClN6O7/c1-43(2)41(44(3,4)42(43)58-29-10-11-33(46-5)32(45)20-29)48-36(53)25-6-8-26(9-7-25)38(55)50-16-14-24(15-17-50)21-49-22-27-18-30-31(19-28(27)23-49)40(57)51(39(30)56)34-12-13-35(52)47-37(34)54/h6-11,18-20,24,34,41-42H,12-17,21-23H2,1-4H3,(H,48,53)(H,47,52,54). The van der Waals surface area contributed by atoms with Crippen molar-refractivity contribution in [3.05, 3.63) is 104 Å². The van der Waals surface area contributed by atoms with Crippen molar-refractivity contribution in [2.24, 2.45) is 16.7 Å². The van der Waals surface area contributed by atoms with Gasteiger partial charge in [0.05, 0.1) is 22.7 Å². The molecule has 3 fully saturated rings. The first-order valence-electron chi connectivity index (χ1n) is 19.7. The number of carbonyl (C=O) groups is 6. The lowest BCUT2D eigenvalue weighted by molar-refractivity contribution is -0.164. The fourth-order valence-corrected chi connectivity index (χ4v) is 10.2. The largest absolute Gasteiger partial charge is 0.489 e. The fraction of sp³-hybridized carbons (Fsp3) is 0.432. The molecule has 0 aromatic heterocycles. The minimum absolute atomic E-state index is 0.0695. The smallest absolute Gasteiger partial charge is 0.262 e. The number of carbonyl (C=O) groups excluding carboxylic acids is 6. The molecule has 14 heteroatoms. The van der Waals surface area contributed by atoms with Gasteiger partial charge in [0.25, 0.3) is 23.6 Å². The molecule has 0 bridgehead atoms. The van der Waals surface area contributed by atoms with E-state index in [0.29, 0.717) is 70.8 Å². The number of halogens is 1. The first-order valence-corrected chi connectivity index (χ1v) is 20.1. The van der Waals surface area contributed by atoms with E-state index in [9.17, 15) is 28.8 Å². The van der Waals surface area contributed by atoms with Gasteiger partial charge in [0.15, 0.2) is 0 Å². The molecule has 5 aliphatic rings. The van der Waals surface area contributed by atoms with Crippen LogP contribution in [-0.2, 0) is 22.7 Å². The second kappa shape index (κ2) is 14.7. The van der Waals surface area contributed by atoms with Crippen LogP contribution in [0.2, 0.25) is 5.02 Å². The Labute approximate surface area is 341 Å². The van der Waals surface area contributed by atoms with Gasteiger partial charge in [0, 0.05) is 67.1 Å². The van der Waals surface area contributed by atoms with Gasteiger partial charge in [-0.25, -0.2) is 4.85 Å². The highest BCUT2D eigenvalue weighted by molar-refractivity contribution is 6.33. The molecule has 3 aromatic rings.